The Morgan fingerprint density at radius 1 is 1.31 bits per heavy atom. The van der Waals surface area contributed by atoms with Crippen LogP contribution in [0.2, 0.25) is 0 Å². The molecule has 0 aliphatic heterocycles. The van der Waals surface area contributed by atoms with Gasteiger partial charge in [-0.2, -0.15) is 0 Å². The first-order valence-electron chi connectivity index (χ1n) is 8.85. The quantitative estimate of drug-likeness (QED) is 0.270. The van der Waals surface area contributed by atoms with Crippen LogP contribution in [0.1, 0.15) is 28.8 Å². The first-order valence-corrected chi connectivity index (χ1v) is 9.73. The van der Waals surface area contributed by atoms with E-state index >= 15 is 0 Å². The standard InChI is InChI=1S/C18H22N4O6S/c1-3-28-10-4-9-21(11-16-20-15(12-29-16)17(23)27-2)18(24)19-13-5-7-14(8-6-13)22(25)26/h5-8,12H,3-4,9-11H2,1-2H3,(H,19,24). The smallest absolute Gasteiger partial charge is 0.357 e. The number of hydrogen-bond acceptors (Lipinski definition) is 8. The number of benzene rings is 1. The van der Waals surface area contributed by atoms with Crippen LogP contribution in [-0.4, -0.2) is 53.7 Å². The number of carbonyl (C=O) groups excluding carboxylic acids is 2. The number of aromatic nitrogens is 1. The zero-order valence-electron chi connectivity index (χ0n) is 16.1. The van der Waals surface area contributed by atoms with Crippen molar-refractivity contribution in [3.05, 3.63) is 50.5 Å². The van der Waals surface area contributed by atoms with Gasteiger partial charge >= 0.3 is 12.0 Å². The predicted molar refractivity (Wildman–Crippen MR) is 107 cm³/mol. The van der Waals surface area contributed by atoms with Crippen molar-refractivity contribution in [2.24, 2.45) is 0 Å². The number of nitrogens with one attached hydrogen (secondary N) is 1. The third-order valence-corrected chi connectivity index (χ3v) is 4.64. The number of non-ortho nitro benzene ring substituents is 1. The number of anilines is 1. The number of nitro groups is 1. The molecule has 0 saturated heterocycles. The number of nitro benzene ring substituents is 1. The van der Waals surface area contributed by atoms with Gasteiger partial charge in [-0.05, 0) is 25.5 Å². The minimum Gasteiger partial charge on any atom is -0.464 e. The lowest BCUT2D eigenvalue weighted by Gasteiger charge is -2.22. The molecule has 0 spiro atoms. The molecule has 2 rings (SSSR count). The molecular weight excluding hydrogens is 400 g/mol. The topological polar surface area (TPSA) is 124 Å². The molecule has 1 N–H and O–H groups in total. The lowest BCUT2D eigenvalue weighted by atomic mass is 10.3. The summed E-state index contributed by atoms with van der Waals surface area (Å²) in [5, 5.41) is 15.6. The van der Waals surface area contributed by atoms with Gasteiger partial charge in [0.25, 0.3) is 5.69 Å². The third-order valence-electron chi connectivity index (χ3n) is 3.81. The summed E-state index contributed by atoms with van der Waals surface area (Å²) >= 11 is 1.25. The number of carbonyl (C=O) groups is 2. The van der Waals surface area contributed by atoms with Crippen LogP contribution in [0.5, 0.6) is 0 Å². The Hall–Kier alpha value is -3.05. The molecule has 2 amide bonds. The van der Waals surface area contributed by atoms with Gasteiger partial charge in [0.2, 0.25) is 0 Å². The van der Waals surface area contributed by atoms with Crippen LogP contribution in [-0.2, 0) is 16.0 Å². The second kappa shape index (κ2) is 11.1. The highest BCUT2D eigenvalue weighted by molar-refractivity contribution is 7.09. The summed E-state index contributed by atoms with van der Waals surface area (Å²) < 4.78 is 9.97. The fourth-order valence-electron chi connectivity index (χ4n) is 2.37. The Kier molecular flexibility index (Phi) is 8.49. The first kappa shape index (κ1) is 22.2. The van der Waals surface area contributed by atoms with Gasteiger partial charge in [0.1, 0.15) is 5.01 Å². The summed E-state index contributed by atoms with van der Waals surface area (Å²) in [6.07, 6.45) is 0.622. The lowest BCUT2D eigenvalue weighted by molar-refractivity contribution is -0.384. The van der Waals surface area contributed by atoms with Crippen molar-refractivity contribution < 1.29 is 24.0 Å². The van der Waals surface area contributed by atoms with E-state index in [0.29, 0.717) is 36.9 Å². The molecule has 0 radical (unpaired) electrons. The van der Waals surface area contributed by atoms with E-state index in [1.807, 2.05) is 6.92 Å². The number of hydrogen-bond donors (Lipinski definition) is 1. The average molecular weight is 422 g/mol. The van der Waals surface area contributed by atoms with Crippen LogP contribution >= 0.6 is 11.3 Å². The van der Waals surface area contributed by atoms with Crippen LogP contribution in [0.3, 0.4) is 0 Å². The maximum absolute atomic E-state index is 12.7. The number of esters is 1. The molecule has 2 aromatic rings. The molecule has 29 heavy (non-hydrogen) atoms. The van der Waals surface area contributed by atoms with E-state index in [9.17, 15) is 19.7 Å². The highest BCUT2D eigenvalue weighted by atomic mass is 32.1. The molecule has 1 heterocycles. The predicted octanol–water partition coefficient (Wildman–Crippen LogP) is 3.30. The molecule has 0 saturated carbocycles. The third kappa shape index (κ3) is 6.80. The molecule has 0 aliphatic carbocycles. The number of amides is 2. The summed E-state index contributed by atoms with van der Waals surface area (Å²) in [6, 6.07) is 5.18. The highest BCUT2D eigenvalue weighted by Crippen LogP contribution is 2.18. The average Bonchev–Trinajstić information content (AvgIpc) is 3.18. The van der Waals surface area contributed by atoms with Crippen molar-refractivity contribution in [1.29, 1.82) is 0 Å². The fraction of sp³-hybridized carbons (Fsp3) is 0.389. The minimum atomic E-state index is -0.536. The molecule has 1 aromatic heterocycles. The summed E-state index contributed by atoms with van der Waals surface area (Å²) in [4.78, 5) is 40.3. The van der Waals surface area contributed by atoms with Crippen LogP contribution in [0.4, 0.5) is 16.2 Å². The normalized spacial score (nSPS) is 10.4. The molecule has 0 atom stereocenters. The van der Waals surface area contributed by atoms with Crippen molar-refractivity contribution in [3.63, 3.8) is 0 Å². The van der Waals surface area contributed by atoms with E-state index in [2.05, 4.69) is 15.0 Å². The van der Waals surface area contributed by atoms with Gasteiger partial charge in [0.15, 0.2) is 5.69 Å². The number of thiazole rings is 1. The monoisotopic (exact) mass is 422 g/mol. The van der Waals surface area contributed by atoms with Gasteiger partial charge in [0, 0.05) is 43.0 Å². The van der Waals surface area contributed by atoms with E-state index in [0.717, 1.165) is 0 Å². The highest BCUT2D eigenvalue weighted by Gasteiger charge is 2.18. The van der Waals surface area contributed by atoms with Gasteiger partial charge in [-0.15, -0.1) is 11.3 Å². The SMILES string of the molecule is CCOCCCN(Cc1nc(C(=O)OC)cs1)C(=O)Nc1ccc([N+](=O)[O-])cc1. The number of urea groups is 1. The van der Waals surface area contributed by atoms with Crippen molar-refractivity contribution in [2.75, 3.05) is 32.2 Å². The van der Waals surface area contributed by atoms with Crippen molar-refractivity contribution in [2.45, 2.75) is 19.9 Å². The molecule has 0 bridgehead atoms. The van der Waals surface area contributed by atoms with Crippen molar-refractivity contribution >= 4 is 34.7 Å². The van der Waals surface area contributed by atoms with E-state index < -0.39 is 10.9 Å². The number of methoxy groups -OCH3 is 1. The van der Waals surface area contributed by atoms with Crippen LogP contribution in [0.15, 0.2) is 29.6 Å². The van der Waals surface area contributed by atoms with Gasteiger partial charge in [-0.1, -0.05) is 0 Å². The van der Waals surface area contributed by atoms with E-state index in [-0.39, 0.29) is 24.0 Å². The molecule has 0 aliphatic rings. The molecular formula is C18H22N4O6S. The second-order valence-corrected chi connectivity index (χ2v) is 6.77. The van der Waals surface area contributed by atoms with E-state index in [4.69, 9.17) is 4.74 Å². The Balaban J connectivity index is 2.06. The zero-order chi connectivity index (χ0) is 21.2. The van der Waals surface area contributed by atoms with Gasteiger partial charge in [-0.25, -0.2) is 14.6 Å². The van der Waals surface area contributed by atoms with Gasteiger partial charge < -0.3 is 19.7 Å². The number of nitrogens with zero attached hydrogens (tertiary/aromatic N) is 3. The largest absolute Gasteiger partial charge is 0.464 e. The summed E-state index contributed by atoms with van der Waals surface area (Å²) in [5.41, 5.74) is 0.567. The molecule has 156 valence electrons. The summed E-state index contributed by atoms with van der Waals surface area (Å²) in [6.45, 7) is 3.59. The molecule has 0 fully saturated rings. The van der Waals surface area contributed by atoms with Crippen LogP contribution in [0, 0.1) is 10.1 Å². The minimum absolute atomic E-state index is 0.0605. The Morgan fingerprint density at radius 3 is 2.66 bits per heavy atom. The van der Waals surface area contributed by atoms with Crippen molar-refractivity contribution in [3.8, 4) is 0 Å². The number of rotatable bonds is 10. The second-order valence-electron chi connectivity index (χ2n) is 5.82. The Bertz CT molecular complexity index is 839. The summed E-state index contributed by atoms with van der Waals surface area (Å²) in [7, 11) is 1.28. The number of ether oxygens (including phenoxy) is 2. The fourth-order valence-corrected chi connectivity index (χ4v) is 3.15. The van der Waals surface area contributed by atoms with E-state index in [1.54, 1.807) is 10.3 Å². The van der Waals surface area contributed by atoms with E-state index in [1.165, 1.54) is 42.7 Å². The maximum atomic E-state index is 12.7. The Labute approximate surface area is 171 Å². The molecule has 0 unspecified atom stereocenters. The molecule has 10 nitrogen and oxygen atoms in total. The first-order chi connectivity index (χ1) is 13.9. The molecule has 1 aromatic carbocycles. The maximum Gasteiger partial charge on any atom is 0.357 e. The molecule has 11 heteroatoms. The van der Waals surface area contributed by atoms with Gasteiger partial charge in [-0.3, -0.25) is 10.1 Å². The lowest BCUT2D eigenvalue weighted by Crippen LogP contribution is -2.35. The van der Waals surface area contributed by atoms with Crippen LogP contribution in [0.25, 0.3) is 0 Å². The Morgan fingerprint density at radius 2 is 2.03 bits per heavy atom. The zero-order valence-corrected chi connectivity index (χ0v) is 16.9. The van der Waals surface area contributed by atoms with Gasteiger partial charge in [0.05, 0.1) is 18.6 Å². The van der Waals surface area contributed by atoms with Crippen molar-refractivity contribution in [1.82, 2.24) is 9.88 Å². The summed E-state index contributed by atoms with van der Waals surface area (Å²) in [5.74, 6) is -0.536. The van der Waals surface area contributed by atoms with Crippen LogP contribution < -0.4 is 5.32 Å².